The third-order valence-electron chi connectivity index (χ3n) is 3.67. The molecule has 0 radical (unpaired) electrons. The number of alkyl halides is 2. The number of nitrogens with one attached hydrogen (secondary N) is 2. The molecule has 20 heavy (non-hydrogen) atoms. The van der Waals surface area contributed by atoms with Gasteiger partial charge in [-0.2, -0.15) is 0 Å². The number of hydrogen-bond acceptors (Lipinski definition) is 2. The molecule has 0 bridgehead atoms. The second-order valence-electron chi connectivity index (χ2n) is 5.32. The molecule has 0 aromatic heterocycles. The van der Waals surface area contributed by atoms with Crippen LogP contribution in [-0.4, -0.2) is 24.4 Å². The standard InChI is InChI=1S/C15H20F2N2O/c1-3-11-4-6-12(7-5-11)10(2)19-14(20)13-8-15(16,17)9-18-13/h4-7,10,13,18H,3,8-9H2,1-2H3,(H,19,20). The van der Waals surface area contributed by atoms with Crippen LogP contribution in [0.2, 0.25) is 0 Å². The third kappa shape index (κ3) is 3.54. The Kier molecular flexibility index (Phi) is 4.38. The molecule has 2 unspecified atom stereocenters. The molecule has 1 fully saturated rings. The minimum atomic E-state index is -2.78. The summed E-state index contributed by atoms with van der Waals surface area (Å²) in [6, 6.07) is 6.95. The van der Waals surface area contributed by atoms with E-state index in [2.05, 4.69) is 17.6 Å². The molecule has 0 saturated carbocycles. The van der Waals surface area contributed by atoms with Gasteiger partial charge in [0.25, 0.3) is 5.92 Å². The lowest BCUT2D eigenvalue weighted by molar-refractivity contribution is -0.124. The first-order valence-electron chi connectivity index (χ1n) is 6.92. The molecule has 2 atom stereocenters. The van der Waals surface area contributed by atoms with Crippen molar-refractivity contribution in [3.05, 3.63) is 35.4 Å². The van der Waals surface area contributed by atoms with Gasteiger partial charge in [0.1, 0.15) is 0 Å². The van der Waals surface area contributed by atoms with E-state index in [1.165, 1.54) is 5.56 Å². The fourth-order valence-electron chi connectivity index (χ4n) is 2.34. The highest BCUT2D eigenvalue weighted by atomic mass is 19.3. The van der Waals surface area contributed by atoms with Crippen molar-refractivity contribution in [2.45, 2.75) is 44.7 Å². The molecule has 2 N–H and O–H groups in total. The van der Waals surface area contributed by atoms with Crippen LogP contribution < -0.4 is 10.6 Å². The average molecular weight is 282 g/mol. The van der Waals surface area contributed by atoms with Gasteiger partial charge in [0.2, 0.25) is 5.91 Å². The summed E-state index contributed by atoms with van der Waals surface area (Å²) in [6.45, 7) is 3.50. The normalized spacial score (nSPS) is 22.5. The molecule has 0 spiro atoms. The first-order valence-corrected chi connectivity index (χ1v) is 6.92. The molecule has 1 aromatic carbocycles. The molecule has 5 heteroatoms. The second kappa shape index (κ2) is 5.87. The van der Waals surface area contributed by atoms with Crippen LogP contribution in [-0.2, 0) is 11.2 Å². The number of aryl methyl sites for hydroxylation is 1. The Labute approximate surface area is 117 Å². The second-order valence-corrected chi connectivity index (χ2v) is 5.32. The molecule has 1 heterocycles. The summed E-state index contributed by atoms with van der Waals surface area (Å²) >= 11 is 0. The SMILES string of the molecule is CCc1ccc(C(C)NC(=O)C2CC(F)(F)CN2)cc1. The molecule has 2 rings (SSSR count). The number of carbonyl (C=O) groups is 1. The summed E-state index contributed by atoms with van der Waals surface area (Å²) < 4.78 is 26.1. The average Bonchev–Trinajstić information content (AvgIpc) is 2.79. The highest BCUT2D eigenvalue weighted by Gasteiger charge is 2.42. The van der Waals surface area contributed by atoms with Gasteiger partial charge >= 0.3 is 0 Å². The first-order chi connectivity index (χ1) is 9.41. The summed E-state index contributed by atoms with van der Waals surface area (Å²) in [5, 5.41) is 5.34. The van der Waals surface area contributed by atoms with Crippen LogP contribution in [0, 0.1) is 0 Å². The van der Waals surface area contributed by atoms with Gasteiger partial charge in [-0.25, -0.2) is 8.78 Å². The summed E-state index contributed by atoms with van der Waals surface area (Å²) in [5.41, 5.74) is 2.20. The largest absolute Gasteiger partial charge is 0.348 e. The molecule has 1 aromatic rings. The van der Waals surface area contributed by atoms with Crippen molar-refractivity contribution in [3.63, 3.8) is 0 Å². The van der Waals surface area contributed by atoms with E-state index in [-0.39, 0.29) is 11.9 Å². The van der Waals surface area contributed by atoms with Gasteiger partial charge < -0.3 is 5.32 Å². The van der Waals surface area contributed by atoms with E-state index in [1.54, 1.807) is 0 Å². The van der Waals surface area contributed by atoms with Gasteiger partial charge in [-0.15, -0.1) is 0 Å². The number of halogens is 2. The summed E-state index contributed by atoms with van der Waals surface area (Å²) in [6.07, 6.45) is 0.530. The van der Waals surface area contributed by atoms with Crippen LogP contribution in [0.15, 0.2) is 24.3 Å². The van der Waals surface area contributed by atoms with E-state index in [9.17, 15) is 13.6 Å². The monoisotopic (exact) mass is 282 g/mol. The zero-order valence-electron chi connectivity index (χ0n) is 11.7. The molecule has 0 aliphatic carbocycles. The molecule has 110 valence electrons. The summed E-state index contributed by atoms with van der Waals surface area (Å²) in [5.74, 6) is -3.15. The smallest absolute Gasteiger partial charge is 0.262 e. The third-order valence-corrected chi connectivity index (χ3v) is 3.67. The quantitative estimate of drug-likeness (QED) is 0.890. The summed E-state index contributed by atoms with van der Waals surface area (Å²) in [7, 11) is 0. The molecule has 3 nitrogen and oxygen atoms in total. The van der Waals surface area contributed by atoms with Crippen LogP contribution in [0.25, 0.3) is 0 Å². The molecule has 1 aliphatic heterocycles. The topological polar surface area (TPSA) is 41.1 Å². The van der Waals surface area contributed by atoms with Gasteiger partial charge in [0.05, 0.1) is 18.6 Å². The highest BCUT2D eigenvalue weighted by Crippen LogP contribution is 2.25. The number of amides is 1. The van der Waals surface area contributed by atoms with Crippen molar-refractivity contribution in [2.24, 2.45) is 0 Å². The number of carbonyl (C=O) groups excluding carboxylic acids is 1. The fraction of sp³-hybridized carbons (Fsp3) is 0.533. The van der Waals surface area contributed by atoms with Gasteiger partial charge in [0.15, 0.2) is 0 Å². The summed E-state index contributed by atoms with van der Waals surface area (Å²) in [4.78, 5) is 11.9. The molecule has 1 amide bonds. The number of rotatable bonds is 4. The first kappa shape index (κ1) is 14.9. The van der Waals surface area contributed by atoms with Crippen LogP contribution in [0.4, 0.5) is 8.78 Å². The van der Waals surface area contributed by atoms with Gasteiger partial charge in [-0.1, -0.05) is 31.2 Å². The van der Waals surface area contributed by atoms with E-state index >= 15 is 0 Å². The predicted octanol–water partition coefficient (Wildman–Crippen LogP) is 2.42. The highest BCUT2D eigenvalue weighted by molar-refractivity contribution is 5.82. The van der Waals surface area contributed by atoms with Crippen molar-refractivity contribution in [3.8, 4) is 0 Å². The lowest BCUT2D eigenvalue weighted by atomic mass is 10.0. The Morgan fingerprint density at radius 2 is 2.10 bits per heavy atom. The maximum absolute atomic E-state index is 13.1. The van der Waals surface area contributed by atoms with Crippen molar-refractivity contribution in [1.29, 1.82) is 0 Å². The Morgan fingerprint density at radius 1 is 1.45 bits per heavy atom. The lowest BCUT2D eigenvalue weighted by Crippen LogP contribution is -2.41. The van der Waals surface area contributed by atoms with E-state index < -0.39 is 24.9 Å². The van der Waals surface area contributed by atoms with Crippen LogP contribution in [0.3, 0.4) is 0 Å². The lowest BCUT2D eigenvalue weighted by Gasteiger charge is -2.18. The zero-order chi connectivity index (χ0) is 14.8. The molecular weight excluding hydrogens is 262 g/mol. The Bertz CT molecular complexity index is 473. The number of benzene rings is 1. The molecular formula is C15H20F2N2O. The van der Waals surface area contributed by atoms with Gasteiger partial charge in [-0.3, -0.25) is 10.1 Å². The van der Waals surface area contributed by atoms with Crippen molar-refractivity contribution >= 4 is 5.91 Å². The predicted molar refractivity (Wildman–Crippen MR) is 73.7 cm³/mol. The van der Waals surface area contributed by atoms with E-state index in [1.807, 2.05) is 31.2 Å². The Balaban J connectivity index is 1.93. The van der Waals surface area contributed by atoms with Crippen molar-refractivity contribution in [1.82, 2.24) is 10.6 Å². The number of hydrogen-bond donors (Lipinski definition) is 2. The van der Waals surface area contributed by atoms with Crippen LogP contribution >= 0.6 is 0 Å². The maximum atomic E-state index is 13.1. The van der Waals surface area contributed by atoms with E-state index in [4.69, 9.17) is 0 Å². The van der Waals surface area contributed by atoms with Crippen molar-refractivity contribution in [2.75, 3.05) is 6.54 Å². The Morgan fingerprint density at radius 3 is 2.60 bits per heavy atom. The van der Waals surface area contributed by atoms with E-state index in [0.717, 1.165) is 12.0 Å². The van der Waals surface area contributed by atoms with Crippen LogP contribution in [0.5, 0.6) is 0 Å². The molecule has 1 saturated heterocycles. The van der Waals surface area contributed by atoms with Gasteiger partial charge in [-0.05, 0) is 24.5 Å². The minimum absolute atomic E-state index is 0.190. The fourth-order valence-corrected chi connectivity index (χ4v) is 2.34. The Hall–Kier alpha value is -1.49. The zero-order valence-corrected chi connectivity index (χ0v) is 11.7. The van der Waals surface area contributed by atoms with Crippen LogP contribution in [0.1, 0.15) is 37.4 Å². The van der Waals surface area contributed by atoms with E-state index in [0.29, 0.717) is 0 Å². The maximum Gasteiger partial charge on any atom is 0.262 e. The van der Waals surface area contributed by atoms with Crippen molar-refractivity contribution < 1.29 is 13.6 Å². The minimum Gasteiger partial charge on any atom is -0.348 e. The van der Waals surface area contributed by atoms with Gasteiger partial charge in [0, 0.05) is 6.42 Å². The molecule has 1 aliphatic rings.